The molecule has 1 aliphatic rings. The fourth-order valence-corrected chi connectivity index (χ4v) is 2.27. The zero-order valence-electron chi connectivity index (χ0n) is 11.1. The zero-order valence-corrected chi connectivity index (χ0v) is 11.1. The minimum absolute atomic E-state index is 0.0133. The zero-order chi connectivity index (χ0) is 13.0. The smallest absolute Gasteiger partial charge is 0.251 e. The molecule has 0 aliphatic carbocycles. The Morgan fingerprint density at radius 2 is 2.17 bits per heavy atom. The molecule has 1 N–H and O–H groups in total. The number of amides is 1. The molecule has 1 aliphatic heterocycles. The second-order valence-electron chi connectivity index (χ2n) is 4.86. The highest BCUT2D eigenvalue weighted by Gasteiger charge is 2.23. The summed E-state index contributed by atoms with van der Waals surface area (Å²) in [5.41, 5.74) is 1.97. The van der Waals surface area contributed by atoms with Crippen LogP contribution in [0, 0.1) is 0 Å². The molecule has 0 aromatic heterocycles. The van der Waals surface area contributed by atoms with Crippen LogP contribution in [0.5, 0.6) is 0 Å². The van der Waals surface area contributed by atoms with Crippen molar-refractivity contribution in [3.63, 3.8) is 0 Å². The van der Waals surface area contributed by atoms with E-state index in [0.29, 0.717) is 0 Å². The Kier molecular flexibility index (Phi) is 4.37. The van der Waals surface area contributed by atoms with E-state index in [0.717, 1.165) is 31.4 Å². The summed E-state index contributed by atoms with van der Waals surface area (Å²) in [6, 6.07) is 7.86. The number of hydrogen-bond acceptors (Lipinski definition) is 2. The number of hydrogen-bond donors (Lipinski definition) is 1. The third kappa shape index (κ3) is 3.10. The number of rotatable bonds is 4. The summed E-state index contributed by atoms with van der Waals surface area (Å²) >= 11 is 0. The van der Waals surface area contributed by atoms with Crippen molar-refractivity contribution in [1.82, 2.24) is 5.32 Å². The van der Waals surface area contributed by atoms with Gasteiger partial charge in [0, 0.05) is 12.2 Å². The topological polar surface area (TPSA) is 38.3 Å². The minimum Gasteiger partial charge on any atom is -0.376 e. The molecule has 1 amide bonds. The maximum atomic E-state index is 12.0. The van der Waals surface area contributed by atoms with Gasteiger partial charge in [0.2, 0.25) is 0 Å². The van der Waals surface area contributed by atoms with E-state index in [4.69, 9.17) is 4.74 Å². The van der Waals surface area contributed by atoms with Crippen molar-refractivity contribution < 1.29 is 9.53 Å². The van der Waals surface area contributed by atoms with Crippen molar-refractivity contribution in [3.8, 4) is 0 Å². The third-order valence-corrected chi connectivity index (χ3v) is 3.51. The van der Waals surface area contributed by atoms with Crippen LogP contribution < -0.4 is 5.32 Å². The molecule has 0 radical (unpaired) electrons. The van der Waals surface area contributed by atoms with Gasteiger partial charge in [-0.2, -0.15) is 0 Å². The fourth-order valence-electron chi connectivity index (χ4n) is 2.27. The van der Waals surface area contributed by atoms with Crippen molar-refractivity contribution in [1.29, 1.82) is 0 Å². The Labute approximate surface area is 109 Å². The van der Waals surface area contributed by atoms with Crippen LogP contribution in [0.3, 0.4) is 0 Å². The van der Waals surface area contributed by atoms with Gasteiger partial charge in [0.05, 0.1) is 12.1 Å². The van der Waals surface area contributed by atoms with E-state index in [-0.39, 0.29) is 18.1 Å². The molecule has 3 nitrogen and oxygen atoms in total. The summed E-state index contributed by atoms with van der Waals surface area (Å²) in [4.78, 5) is 12.0. The van der Waals surface area contributed by atoms with E-state index in [1.54, 1.807) is 0 Å². The largest absolute Gasteiger partial charge is 0.376 e. The van der Waals surface area contributed by atoms with Gasteiger partial charge in [-0.05, 0) is 43.9 Å². The van der Waals surface area contributed by atoms with Gasteiger partial charge < -0.3 is 10.1 Å². The quantitative estimate of drug-likeness (QED) is 0.888. The molecule has 1 saturated heterocycles. The lowest BCUT2D eigenvalue weighted by molar-refractivity contribution is 0.0712. The first kappa shape index (κ1) is 13.1. The molecule has 1 heterocycles. The Morgan fingerprint density at radius 3 is 2.72 bits per heavy atom. The summed E-state index contributed by atoms with van der Waals surface area (Å²) in [7, 11) is 0. The monoisotopic (exact) mass is 247 g/mol. The fraction of sp³-hybridized carbons (Fsp3) is 0.533. The van der Waals surface area contributed by atoms with E-state index < -0.39 is 0 Å². The number of nitrogens with one attached hydrogen (secondary N) is 1. The highest BCUT2D eigenvalue weighted by molar-refractivity contribution is 5.94. The molecule has 1 aromatic rings. The van der Waals surface area contributed by atoms with Crippen LogP contribution in [0.25, 0.3) is 0 Å². The van der Waals surface area contributed by atoms with E-state index in [1.807, 2.05) is 31.2 Å². The van der Waals surface area contributed by atoms with Gasteiger partial charge in [-0.1, -0.05) is 19.1 Å². The highest BCUT2D eigenvalue weighted by Crippen LogP contribution is 2.16. The van der Waals surface area contributed by atoms with E-state index in [1.165, 1.54) is 5.56 Å². The second-order valence-corrected chi connectivity index (χ2v) is 4.86. The first-order chi connectivity index (χ1) is 8.70. The number of carbonyl (C=O) groups is 1. The lowest BCUT2D eigenvalue weighted by atomic mass is 10.1. The van der Waals surface area contributed by atoms with Crippen molar-refractivity contribution >= 4 is 5.91 Å². The first-order valence-electron chi connectivity index (χ1n) is 6.72. The van der Waals surface area contributed by atoms with Crippen LogP contribution in [-0.4, -0.2) is 24.7 Å². The van der Waals surface area contributed by atoms with Crippen molar-refractivity contribution in [2.75, 3.05) is 6.61 Å². The number of carbonyl (C=O) groups excluding carboxylic acids is 1. The molecule has 0 bridgehead atoms. The minimum atomic E-state index is -0.0133. The molecule has 18 heavy (non-hydrogen) atoms. The van der Waals surface area contributed by atoms with Crippen LogP contribution in [0.2, 0.25) is 0 Å². The molecule has 0 unspecified atom stereocenters. The van der Waals surface area contributed by atoms with Crippen LogP contribution in [0.4, 0.5) is 0 Å². The van der Waals surface area contributed by atoms with Crippen molar-refractivity contribution in [2.45, 2.75) is 45.3 Å². The maximum Gasteiger partial charge on any atom is 0.251 e. The van der Waals surface area contributed by atoms with Crippen LogP contribution in [-0.2, 0) is 11.2 Å². The summed E-state index contributed by atoms with van der Waals surface area (Å²) in [6.07, 6.45) is 3.30. The summed E-state index contributed by atoms with van der Waals surface area (Å²) < 4.78 is 5.57. The second kappa shape index (κ2) is 6.01. The van der Waals surface area contributed by atoms with E-state index in [2.05, 4.69) is 12.2 Å². The first-order valence-corrected chi connectivity index (χ1v) is 6.72. The molecule has 3 heteroatoms. The van der Waals surface area contributed by atoms with Crippen LogP contribution in [0.15, 0.2) is 24.3 Å². The lowest BCUT2D eigenvalue weighted by Gasteiger charge is -2.20. The Hall–Kier alpha value is -1.35. The lowest BCUT2D eigenvalue weighted by Crippen LogP contribution is -2.40. The summed E-state index contributed by atoms with van der Waals surface area (Å²) in [5.74, 6) is -0.0133. The summed E-state index contributed by atoms with van der Waals surface area (Å²) in [5, 5.41) is 3.01. The van der Waals surface area contributed by atoms with E-state index >= 15 is 0 Å². The molecular weight excluding hydrogens is 226 g/mol. The van der Waals surface area contributed by atoms with Crippen molar-refractivity contribution in [3.05, 3.63) is 35.4 Å². The molecule has 2 rings (SSSR count). The van der Waals surface area contributed by atoms with Gasteiger partial charge in [0.1, 0.15) is 0 Å². The van der Waals surface area contributed by atoms with E-state index in [9.17, 15) is 4.79 Å². The third-order valence-electron chi connectivity index (χ3n) is 3.51. The van der Waals surface area contributed by atoms with Gasteiger partial charge in [0.25, 0.3) is 5.91 Å². The van der Waals surface area contributed by atoms with Gasteiger partial charge in [-0.25, -0.2) is 0 Å². The molecule has 98 valence electrons. The van der Waals surface area contributed by atoms with Gasteiger partial charge in [-0.3, -0.25) is 4.79 Å². The average Bonchev–Trinajstić information content (AvgIpc) is 2.92. The SMILES string of the molecule is CCc1ccc(C(=O)N[C@@H](C)[C@H]2CCCO2)cc1. The molecular formula is C15H21NO2. The normalized spacial score (nSPS) is 20.7. The van der Waals surface area contributed by atoms with Crippen LogP contribution >= 0.6 is 0 Å². The molecule has 1 aromatic carbocycles. The number of aryl methyl sites for hydroxylation is 1. The molecule has 1 fully saturated rings. The molecule has 0 saturated carbocycles. The number of benzene rings is 1. The van der Waals surface area contributed by atoms with Crippen LogP contribution in [0.1, 0.15) is 42.6 Å². The maximum absolute atomic E-state index is 12.0. The average molecular weight is 247 g/mol. The van der Waals surface area contributed by atoms with Gasteiger partial charge in [0.15, 0.2) is 0 Å². The Balaban J connectivity index is 1.93. The standard InChI is InChI=1S/C15H21NO2/c1-3-12-6-8-13(9-7-12)15(17)16-11(2)14-5-4-10-18-14/h6-9,11,14H,3-5,10H2,1-2H3,(H,16,17)/t11-,14+/m0/s1. The van der Waals surface area contributed by atoms with Crippen molar-refractivity contribution in [2.24, 2.45) is 0 Å². The highest BCUT2D eigenvalue weighted by atomic mass is 16.5. The molecule has 0 spiro atoms. The van der Waals surface area contributed by atoms with Gasteiger partial charge in [-0.15, -0.1) is 0 Å². The number of ether oxygens (including phenoxy) is 1. The molecule has 2 atom stereocenters. The summed E-state index contributed by atoms with van der Waals surface area (Å²) in [6.45, 7) is 4.93. The predicted molar refractivity (Wildman–Crippen MR) is 71.7 cm³/mol. The predicted octanol–water partition coefficient (Wildman–Crippen LogP) is 2.55. The Morgan fingerprint density at radius 1 is 1.44 bits per heavy atom. The van der Waals surface area contributed by atoms with Gasteiger partial charge >= 0.3 is 0 Å². The Bertz CT molecular complexity index is 393.